The summed E-state index contributed by atoms with van der Waals surface area (Å²) >= 11 is 0. The Labute approximate surface area is 168 Å². The maximum atomic E-state index is 12.7. The van der Waals surface area contributed by atoms with E-state index in [1.165, 1.54) is 48.2 Å². The van der Waals surface area contributed by atoms with Crippen molar-refractivity contribution in [1.29, 1.82) is 0 Å². The number of aromatic carboxylic acids is 1. The van der Waals surface area contributed by atoms with Crippen molar-refractivity contribution in [2.45, 2.75) is 0 Å². The van der Waals surface area contributed by atoms with Gasteiger partial charge in [-0.15, -0.1) is 0 Å². The van der Waals surface area contributed by atoms with Gasteiger partial charge in [0.25, 0.3) is 0 Å². The number of rotatable bonds is 5. The molecule has 0 amide bonds. The largest absolute Gasteiger partial charge is 1.00 e. The van der Waals surface area contributed by atoms with Crippen molar-refractivity contribution in [3.8, 4) is 5.75 Å². The standard InChI is InChI=1S/C16H11N3O6.Na/c1-25-13-7-9(4-5-11(13)19(23)24)14(20)15-17-8-12-10(16(21)22)3-2-6-18(12)15;/h2-8H,1H3,(H,21,22);/q;+1/p-1. The molecule has 0 N–H and O–H groups in total. The van der Waals surface area contributed by atoms with Crippen molar-refractivity contribution in [3.05, 3.63) is 69.8 Å². The summed E-state index contributed by atoms with van der Waals surface area (Å²) in [6, 6.07) is 6.48. The quantitative estimate of drug-likeness (QED) is 0.219. The Hall–Kier alpha value is -2.75. The number of imidazole rings is 1. The van der Waals surface area contributed by atoms with Gasteiger partial charge in [-0.2, -0.15) is 0 Å². The molecule has 26 heavy (non-hydrogen) atoms. The topological polar surface area (TPSA) is 127 Å². The van der Waals surface area contributed by atoms with Gasteiger partial charge in [-0.25, -0.2) is 4.98 Å². The number of benzene rings is 1. The molecule has 2 aromatic heterocycles. The minimum atomic E-state index is -1.39. The number of hydrogen-bond donors (Lipinski definition) is 0. The van der Waals surface area contributed by atoms with Crippen LogP contribution >= 0.6 is 0 Å². The molecular weight excluding hydrogens is 353 g/mol. The Kier molecular flexibility index (Phi) is 5.76. The molecular formula is C16H10N3NaO6. The minimum absolute atomic E-state index is 0. The number of carboxylic acid groups (broad SMARTS) is 1. The third kappa shape index (κ3) is 3.32. The van der Waals surface area contributed by atoms with Crippen LogP contribution in [0.15, 0.2) is 42.7 Å². The monoisotopic (exact) mass is 363 g/mol. The molecule has 0 saturated heterocycles. The molecule has 0 aliphatic carbocycles. The zero-order valence-corrected chi connectivity index (χ0v) is 15.8. The molecule has 2 heterocycles. The molecule has 0 aliphatic heterocycles. The first kappa shape index (κ1) is 19.6. The Balaban J connectivity index is 0.00000243. The van der Waals surface area contributed by atoms with Crippen LogP contribution < -0.4 is 39.4 Å². The van der Waals surface area contributed by atoms with Crippen molar-refractivity contribution in [1.82, 2.24) is 9.38 Å². The Morgan fingerprint density at radius 3 is 2.62 bits per heavy atom. The van der Waals surface area contributed by atoms with Gasteiger partial charge in [-0.3, -0.25) is 19.3 Å². The first-order chi connectivity index (χ1) is 11.9. The minimum Gasteiger partial charge on any atom is -0.545 e. The average Bonchev–Trinajstić information content (AvgIpc) is 3.04. The van der Waals surface area contributed by atoms with Crippen molar-refractivity contribution in [3.63, 3.8) is 0 Å². The number of nitro groups is 1. The molecule has 0 bridgehead atoms. The predicted octanol–water partition coefficient (Wildman–Crippen LogP) is -2.15. The number of carbonyl (C=O) groups is 2. The molecule has 9 nitrogen and oxygen atoms in total. The first-order valence-electron chi connectivity index (χ1n) is 6.98. The number of carbonyl (C=O) groups excluding carboxylic acids is 2. The van der Waals surface area contributed by atoms with Crippen LogP contribution in [0, 0.1) is 10.1 Å². The van der Waals surface area contributed by atoms with Crippen LogP contribution in [0.25, 0.3) is 5.52 Å². The van der Waals surface area contributed by atoms with E-state index in [1.54, 1.807) is 0 Å². The van der Waals surface area contributed by atoms with Crippen LogP contribution in [0.3, 0.4) is 0 Å². The predicted molar refractivity (Wildman–Crippen MR) is 82.6 cm³/mol. The number of hydrogen-bond acceptors (Lipinski definition) is 7. The fourth-order valence-corrected chi connectivity index (χ4v) is 2.46. The van der Waals surface area contributed by atoms with Crippen LogP contribution in [-0.2, 0) is 0 Å². The number of nitrogens with zero attached hydrogens (tertiary/aromatic N) is 3. The molecule has 1 aromatic carbocycles. The van der Waals surface area contributed by atoms with Gasteiger partial charge in [0, 0.05) is 23.4 Å². The van der Waals surface area contributed by atoms with Crippen molar-refractivity contribution < 1.29 is 53.9 Å². The molecule has 0 aliphatic rings. The van der Waals surface area contributed by atoms with E-state index in [9.17, 15) is 24.8 Å². The second-order valence-corrected chi connectivity index (χ2v) is 5.02. The molecule has 0 atom stereocenters. The smallest absolute Gasteiger partial charge is 0.545 e. The maximum absolute atomic E-state index is 12.7. The van der Waals surface area contributed by atoms with Gasteiger partial charge in [0.15, 0.2) is 11.6 Å². The number of nitro benzene ring substituents is 1. The number of methoxy groups -OCH3 is 1. The summed E-state index contributed by atoms with van der Waals surface area (Å²) in [4.78, 5) is 38.1. The van der Waals surface area contributed by atoms with E-state index in [-0.39, 0.29) is 63.5 Å². The van der Waals surface area contributed by atoms with Gasteiger partial charge in [0.05, 0.1) is 29.7 Å². The van der Waals surface area contributed by atoms with Crippen LogP contribution in [0.4, 0.5) is 5.69 Å². The van der Waals surface area contributed by atoms with Crippen LogP contribution in [0.5, 0.6) is 5.75 Å². The number of fused-ring (bicyclic) bond motifs is 1. The van der Waals surface area contributed by atoms with Gasteiger partial charge >= 0.3 is 35.2 Å². The molecule has 10 heteroatoms. The molecule has 3 aromatic rings. The zero-order chi connectivity index (χ0) is 18.1. The van der Waals surface area contributed by atoms with E-state index in [1.807, 2.05) is 0 Å². The van der Waals surface area contributed by atoms with Crippen molar-refractivity contribution in [2.75, 3.05) is 7.11 Å². The van der Waals surface area contributed by atoms with E-state index in [4.69, 9.17) is 4.74 Å². The van der Waals surface area contributed by atoms with E-state index >= 15 is 0 Å². The van der Waals surface area contributed by atoms with Crippen molar-refractivity contribution in [2.24, 2.45) is 0 Å². The Morgan fingerprint density at radius 2 is 2.00 bits per heavy atom. The molecule has 3 rings (SSSR count). The van der Waals surface area contributed by atoms with E-state index in [0.717, 1.165) is 6.07 Å². The second kappa shape index (κ2) is 7.65. The molecule has 0 saturated carbocycles. The second-order valence-electron chi connectivity index (χ2n) is 5.02. The number of carboxylic acids is 1. The summed E-state index contributed by atoms with van der Waals surface area (Å²) in [5, 5.41) is 22.1. The van der Waals surface area contributed by atoms with Gasteiger partial charge in [-0.05, 0) is 24.3 Å². The Morgan fingerprint density at radius 1 is 1.27 bits per heavy atom. The molecule has 0 radical (unpaired) electrons. The number of pyridine rings is 1. The van der Waals surface area contributed by atoms with Crippen LogP contribution in [0.2, 0.25) is 0 Å². The third-order valence-electron chi connectivity index (χ3n) is 3.63. The number of ether oxygens (including phenoxy) is 1. The number of aromatic nitrogens is 2. The SMILES string of the molecule is COc1cc(C(=O)c2ncc3c(C(=O)[O-])cccn23)ccc1[N+](=O)[O-].[Na+]. The van der Waals surface area contributed by atoms with Gasteiger partial charge in [-0.1, -0.05) is 0 Å². The van der Waals surface area contributed by atoms with Gasteiger partial charge < -0.3 is 14.6 Å². The van der Waals surface area contributed by atoms with Gasteiger partial charge in [0.2, 0.25) is 5.78 Å². The summed E-state index contributed by atoms with van der Waals surface area (Å²) in [6.45, 7) is 0. The molecule has 126 valence electrons. The fourth-order valence-electron chi connectivity index (χ4n) is 2.46. The molecule has 0 spiro atoms. The van der Waals surface area contributed by atoms with Crippen LogP contribution in [0.1, 0.15) is 26.5 Å². The van der Waals surface area contributed by atoms with Gasteiger partial charge in [0.1, 0.15) is 0 Å². The summed E-state index contributed by atoms with van der Waals surface area (Å²) in [7, 11) is 1.26. The Bertz CT molecular complexity index is 1030. The summed E-state index contributed by atoms with van der Waals surface area (Å²) in [5.74, 6) is -2.02. The van der Waals surface area contributed by atoms with E-state index < -0.39 is 16.7 Å². The van der Waals surface area contributed by atoms with Crippen LogP contribution in [-0.4, -0.2) is 33.2 Å². The summed E-state index contributed by atoms with van der Waals surface area (Å²) in [5.41, 5.74) is -0.0462. The normalized spacial score (nSPS) is 10.2. The first-order valence-corrected chi connectivity index (χ1v) is 6.98. The molecule has 0 unspecified atom stereocenters. The third-order valence-corrected chi connectivity index (χ3v) is 3.63. The van der Waals surface area contributed by atoms with Crippen molar-refractivity contribution >= 4 is 23.0 Å². The average molecular weight is 363 g/mol. The summed E-state index contributed by atoms with van der Waals surface area (Å²) < 4.78 is 6.27. The maximum Gasteiger partial charge on any atom is 1.00 e. The summed E-state index contributed by atoms with van der Waals surface area (Å²) in [6.07, 6.45) is 2.74. The number of ketones is 1. The van der Waals surface area contributed by atoms with E-state index in [2.05, 4.69) is 4.98 Å². The zero-order valence-electron chi connectivity index (χ0n) is 13.8. The van der Waals surface area contributed by atoms with E-state index in [0.29, 0.717) is 0 Å². The fraction of sp³-hybridized carbons (Fsp3) is 0.0625. The molecule has 0 fully saturated rings.